The van der Waals surface area contributed by atoms with Crippen LogP contribution in [0.3, 0.4) is 0 Å². The van der Waals surface area contributed by atoms with Gasteiger partial charge in [0, 0.05) is 6.54 Å². The van der Waals surface area contributed by atoms with Crippen LogP contribution in [0.4, 0.5) is 0 Å². The first kappa shape index (κ1) is 31.5. The van der Waals surface area contributed by atoms with E-state index >= 15 is 0 Å². The van der Waals surface area contributed by atoms with E-state index in [2.05, 4.69) is 20.9 Å². The molecule has 35 heavy (non-hydrogen) atoms. The van der Waals surface area contributed by atoms with Crippen molar-refractivity contribution >= 4 is 35.6 Å². The zero-order chi connectivity index (χ0) is 27.3. The highest BCUT2D eigenvalue weighted by Gasteiger charge is 2.31. The zero-order valence-electron chi connectivity index (χ0n) is 20.2. The largest absolute Gasteiger partial charge is 0.480 e. The van der Waals surface area contributed by atoms with Crippen molar-refractivity contribution in [2.75, 3.05) is 6.54 Å². The number of carboxylic acid groups (broad SMARTS) is 1. The number of carboxylic acids is 1. The lowest BCUT2D eigenvalue weighted by atomic mass is 10.0. The summed E-state index contributed by atoms with van der Waals surface area (Å²) in [6.07, 6.45) is -1.46. The van der Waals surface area contributed by atoms with Gasteiger partial charge in [0.2, 0.25) is 23.6 Å². The van der Waals surface area contributed by atoms with Gasteiger partial charge in [0.25, 0.3) is 0 Å². The fraction of sp³-hybridized carbons (Fsp3) is 0.700. The molecule has 0 aromatic heterocycles. The van der Waals surface area contributed by atoms with Crippen LogP contribution in [0.25, 0.3) is 0 Å². The van der Waals surface area contributed by atoms with Crippen LogP contribution in [0.1, 0.15) is 46.5 Å². The summed E-state index contributed by atoms with van der Waals surface area (Å²) in [6, 6.07) is -5.33. The number of hydrogen-bond acceptors (Lipinski definition) is 8. The molecule has 15 nitrogen and oxygen atoms in total. The summed E-state index contributed by atoms with van der Waals surface area (Å²) in [6.45, 7) is 4.95. The van der Waals surface area contributed by atoms with Gasteiger partial charge in [-0.25, -0.2) is 4.79 Å². The summed E-state index contributed by atoms with van der Waals surface area (Å²) in [4.78, 5) is 64.7. The van der Waals surface area contributed by atoms with Crippen molar-refractivity contribution < 1.29 is 34.2 Å². The Morgan fingerprint density at radius 2 is 1.37 bits per heavy atom. The summed E-state index contributed by atoms with van der Waals surface area (Å²) in [5, 5.41) is 25.9. The van der Waals surface area contributed by atoms with E-state index in [9.17, 15) is 34.2 Å². The smallest absolute Gasteiger partial charge is 0.326 e. The van der Waals surface area contributed by atoms with Gasteiger partial charge < -0.3 is 49.1 Å². The number of hydrogen-bond donors (Lipinski definition) is 9. The summed E-state index contributed by atoms with van der Waals surface area (Å²) < 4.78 is 0. The van der Waals surface area contributed by atoms with Crippen molar-refractivity contribution in [1.29, 1.82) is 0 Å². The first-order chi connectivity index (χ1) is 16.1. The molecule has 0 aliphatic rings. The normalized spacial score (nSPS) is 15.1. The molecule has 0 bridgehead atoms. The molecule has 0 aromatic carbocycles. The molecule has 0 aliphatic carbocycles. The summed E-state index contributed by atoms with van der Waals surface area (Å²) in [7, 11) is 0. The van der Waals surface area contributed by atoms with E-state index < -0.39 is 66.3 Å². The second-order valence-corrected chi connectivity index (χ2v) is 8.54. The molecule has 0 spiro atoms. The predicted molar refractivity (Wildman–Crippen MR) is 126 cm³/mol. The number of nitrogens with two attached hydrogens (primary N) is 4. The molecule has 5 atom stereocenters. The Bertz CT molecular complexity index is 783. The van der Waals surface area contributed by atoms with Crippen LogP contribution in [0.2, 0.25) is 0 Å². The molecule has 0 aliphatic heterocycles. The van der Waals surface area contributed by atoms with Gasteiger partial charge in [-0.1, -0.05) is 13.8 Å². The number of aliphatic carboxylic acids is 1. The molecular weight excluding hydrogens is 464 g/mol. The minimum atomic E-state index is -1.50. The van der Waals surface area contributed by atoms with Gasteiger partial charge in [-0.2, -0.15) is 0 Å². The zero-order valence-corrected chi connectivity index (χ0v) is 20.2. The van der Waals surface area contributed by atoms with Gasteiger partial charge >= 0.3 is 5.97 Å². The topological polar surface area (TPSA) is 278 Å². The van der Waals surface area contributed by atoms with E-state index in [1.807, 2.05) is 0 Å². The number of carbonyl (C=O) groups is 5. The summed E-state index contributed by atoms with van der Waals surface area (Å²) in [5.41, 5.74) is 21.3. The number of aliphatic hydroxyl groups excluding tert-OH is 1. The van der Waals surface area contributed by atoms with Crippen molar-refractivity contribution in [2.45, 2.75) is 76.7 Å². The summed E-state index contributed by atoms with van der Waals surface area (Å²) in [5.74, 6) is -5.07. The number of guanidine groups is 1. The van der Waals surface area contributed by atoms with Crippen molar-refractivity contribution in [3.63, 3.8) is 0 Å². The van der Waals surface area contributed by atoms with Crippen LogP contribution in [0.5, 0.6) is 0 Å². The first-order valence-electron chi connectivity index (χ1n) is 11.1. The standard InChI is InChI=1S/C20H38N8O7/c1-9(2)7-13(19(34)35)28-17(32)12(8-14(21)30)27-16(31)11(5-4-6-25-20(23)24)26-18(33)15(22)10(3)29/h9-13,15,29H,4-8,22H2,1-3H3,(H2,21,30)(H,26,33)(H,27,31)(H,28,32)(H,34,35)(H4,23,24,25). The van der Waals surface area contributed by atoms with Crippen LogP contribution in [0, 0.1) is 5.92 Å². The number of rotatable bonds is 16. The van der Waals surface area contributed by atoms with Crippen molar-refractivity contribution in [2.24, 2.45) is 33.8 Å². The van der Waals surface area contributed by atoms with Gasteiger partial charge in [-0.3, -0.25) is 24.2 Å². The maximum absolute atomic E-state index is 12.9. The molecule has 0 radical (unpaired) electrons. The predicted octanol–water partition coefficient (Wildman–Crippen LogP) is -3.79. The molecule has 0 rings (SSSR count). The molecule has 13 N–H and O–H groups in total. The molecule has 0 saturated heterocycles. The third-order valence-electron chi connectivity index (χ3n) is 4.76. The second-order valence-electron chi connectivity index (χ2n) is 8.54. The molecule has 0 fully saturated rings. The lowest BCUT2D eigenvalue weighted by Crippen LogP contribution is -2.58. The van der Waals surface area contributed by atoms with E-state index in [1.54, 1.807) is 13.8 Å². The Morgan fingerprint density at radius 1 is 0.857 bits per heavy atom. The van der Waals surface area contributed by atoms with E-state index in [4.69, 9.17) is 22.9 Å². The SMILES string of the molecule is CC(C)CC(NC(=O)C(CC(N)=O)NC(=O)C(CCCN=C(N)N)NC(=O)C(N)C(C)O)C(=O)O. The van der Waals surface area contributed by atoms with Crippen LogP contribution in [0.15, 0.2) is 4.99 Å². The minimum Gasteiger partial charge on any atom is -0.480 e. The number of carbonyl (C=O) groups excluding carboxylic acids is 4. The summed E-state index contributed by atoms with van der Waals surface area (Å²) >= 11 is 0. The highest BCUT2D eigenvalue weighted by Crippen LogP contribution is 2.07. The van der Waals surface area contributed by atoms with Crippen LogP contribution >= 0.6 is 0 Å². The van der Waals surface area contributed by atoms with E-state index in [-0.39, 0.29) is 37.7 Å². The molecule has 15 heteroatoms. The lowest BCUT2D eigenvalue weighted by molar-refractivity contribution is -0.143. The average Bonchev–Trinajstić information content (AvgIpc) is 2.72. The third-order valence-corrected chi connectivity index (χ3v) is 4.76. The first-order valence-corrected chi connectivity index (χ1v) is 11.1. The fourth-order valence-electron chi connectivity index (χ4n) is 2.91. The van der Waals surface area contributed by atoms with Gasteiger partial charge in [-0.05, 0) is 32.1 Å². The molecular formula is C20H38N8O7. The quantitative estimate of drug-likeness (QED) is 0.0563. The monoisotopic (exact) mass is 502 g/mol. The Morgan fingerprint density at radius 3 is 1.83 bits per heavy atom. The molecule has 0 aromatic rings. The van der Waals surface area contributed by atoms with Crippen LogP contribution in [-0.2, 0) is 24.0 Å². The van der Waals surface area contributed by atoms with Gasteiger partial charge in [0.15, 0.2) is 5.96 Å². The molecule has 200 valence electrons. The van der Waals surface area contributed by atoms with Crippen molar-refractivity contribution in [1.82, 2.24) is 16.0 Å². The molecule has 5 unspecified atom stereocenters. The number of aliphatic hydroxyl groups is 1. The Balaban J connectivity index is 5.63. The van der Waals surface area contributed by atoms with Crippen LogP contribution in [-0.4, -0.2) is 82.6 Å². The Kier molecular flexibility index (Phi) is 13.9. The highest BCUT2D eigenvalue weighted by atomic mass is 16.4. The number of nitrogens with one attached hydrogen (secondary N) is 3. The average molecular weight is 503 g/mol. The van der Waals surface area contributed by atoms with E-state index in [1.165, 1.54) is 6.92 Å². The number of primary amides is 1. The van der Waals surface area contributed by atoms with Gasteiger partial charge in [0.1, 0.15) is 24.2 Å². The number of nitrogens with zero attached hydrogens (tertiary/aromatic N) is 1. The highest BCUT2D eigenvalue weighted by molar-refractivity contribution is 5.96. The third kappa shape index (κ3) is 13.1. The van der Waals surface area contributed by atoms with E-state index in [0.717, 1.165) is 0 Å². The Labute approximate surface area is 203 Å². The second kappa shape index (κ2) is 15.4. The maximum Gasteiger partial charge on any atom is 0.326 e. The molecule has 4 amide bonds. The molecule has 0 saturated carbocycles. The minimum absolute atomic E-state index is 0.0108. The van der Waals surface area contributed by atoms with Crippen molar-refractivity contribution in [3.8, 4) is 0 Å². The van der Waals surface area contributed by atoms with Gasteiger partial charge in [0.05, 0.1) is 12.5 Å². The van der Waals surface area contributed by atoms with E-state index in [0.29, 0.717) is 0 Å². The molecule has 0 heterocycles. The number of aliphatic imine (C=N–C) groups is 1. The fourth-order valence-corrected chi connectivity index (χ4v) is 2.91. The van der Waals surface area contributed by atoms with Crippen LogP contribution < -0.4 is 38.9 Å². The number of amides is 4. The maximum atomic E-state index is 12.9. The Hall–Kier alpha value is -3.46. The van der Waals surface area contributed by atoms with Gasteiger partial charge in [-0.15, -0.1) is 0 Å². The lowest BCUT2D eigenvalue weighted by Gasteiger charge is -2.25. The van der Waals surface area contributed by atoms with Crippen molar-refractivity contribution in [3.05, 3.63) is 0 Å².